The molecule has 172 valence electrons. The second kappa shape index (κ2) is 10.5. The summed E-state index contributed by atoms with van der Waals surface area (Å²) >= 11 is 0. The number of hydrogen-bond donors (Lipinski definition) is 1. The molecule has 1 aliphatic rings. The van der Waals surface area contributed by atoms with Crippen LogP contribution in [0, 0.1) is 12.8 Å². The fourth-order valence-electron chi connectivity index (χ4n) is 4.48. The molecule has 0 aromatic heterocycles. The standard InChI is InChI=1S/C28H31NO4/c1-20-8-10-22(11-9-20)27(29-16-14-23(15-17-29)28(30)31)24-12-13-25(26(18-24)32-2)33-19-21-6-4-3-5-7-21/h3-13,18,23,27H,14-17,19H2,1-2H3,(H,30,31). The van der Waals surface area contributed by atoms with Crippen LogP contribution in [0.4, 0.5) is 0 Å². The van der Waals surface area contributed by atoms with Crippen LogP contribution in [-0.4, -0.2) is 36.2 Å². The Morgan fingerprint density at radius 3 is 2.27 bits per heavy atom. The fraction of sp³-hybridized carbons (Fsp3) is 0.321. The molecule has 33 heavy (non-hydrogen) atoms. The van der Waals surface area contributed by atoms with E-state index in [4.69, 9.17) is 9.47 Å². The Morgan fingerprint density at radius 1 is 0.970 bits per heavy atom. The predicted octanol–water partition coefficient (Wildman–Crippen LogP) is 5.47. The molecule has 3 aromatic carbocycles. The first-order valence-corrected chi connectivity index (χ1v) is 11.4. The van der Waals surface area contributed by atoms with Gasteiger partial charge >= 0.3 is 5.97 Å². The third-order valence-electron chi connectivity index (χ3n) is 6.38. The van der Waals surface area contributed by atoms with Crippen molar-refractivity contribution in [2.24, 2.45) is 5.92 Å². The maximum atomic E-state index is 11.4. The number of methoxy groups -OCH3 is 1. The summed E-state index contributed by atoms with van der Waals surface area (Å²) in [4.78, 5) is 13.8. The summed E-state index contributed by atoms with van der Waals surface area (Å²) in [5, 5.41) is 9.41. The smallest absolute Gasteiger partial charge is 0.306 e. The van der Waals surface area contributed by atoms with Gasteiger partial charge in [0.15, 0.2) is 11.5 Å². The lowest BCUT2D eigenvalue weighted by Gasteiger charge is -2.37. The molecule has 1 aliphatic heterocycles. The van der Waals surface area contributed by atoms with Crippen LogP contribution in [0.5, 0.6) is 11.5 Å². The lowest BCUT2D eigenvalue weighted by Crippen LogP contribution is -2.39. The molecule has 5 nitrogen and oxygen atoms in total. The monoisotopic (exact) mass is 445 g/mol. The Labute approximate surface area is 195 Å². The predicted molar refractivity (Wildman–Crippen MR) is 129 cm³/mol. The number of aryl methyl sites for hydroxylation is 1. The van der Waals surface area contributed by atoms with E-state index in [1.165, 1.54) is 11.1 Å². The number of rotatable bonds is 8. The van der Waals surface area contributed by atoms with Gasteiger partial charge in [-0.25, -0.2) is 0 Å². The third-order valence-corrected chi connectivity index (χ3v) is 6.38. The Bertz CT molecular complexity index is 1060. The van der Waals surface area contributed by atoms with E-state index in [1.54, 1.807) is 7.11 Å². The number of benzene rings is 3. The summed E-state index contributed by atoms with van der Waals surface area (Å²) < 4.78 is 11.7. The van der Waals surface area contributed by atoms with Crippen LogP contribution in [0.3, 0.4) is 0 Å². The molecule has 1 unspecified atom stereocenters. The number of carbonyl (C=O) groups is 1. The molecular weight excluding hydrogens is 414 g/mol. The Balaban J connectivity index is 1.60. The topological polar surface area (TPSA) is 59.0 Å². The van der Waals surface area contributed by atoms with Gasteiger partial charge in [0, 0.05) is 0 Å². The molecule has 4 rings (SSSR count). The second-order valence-electron chi connectivity index (χ2n) is 8.65. The summed E-state index contributed by atoms with van der Waals surface area (Å²) in [6.45, 7) is 4.04. The van der Waals surface area contributed by atoms with Crippen molar-refractivity contribution in [3.05, 3.63) is 95.1 Å². The van der Waals surface area contributed by atoms with E-state index in [1.807, 2.05) is 42.5 Å². The second-order valence-corrected chi connectivity index (χ2v) is 8.65. The summed E-state index contributed by atoms with van der Waals surface area (Å²) in [7, 11) is 1.66. The first-order valence-electron chi connectivity index (χ1n) is 11.4. The number of hydrogen-bond acceptors (Lipinski definition) is 4. The van der Waals surface area contributed by atoms with Gasteiger partial charge in [-0.15, -0.1) is 0 Å². The van der Waals surface area contributed by atoms with E-state index < -0.39 is 5.97 Å². The van der Waals surface area contributed by atoms with Gasteiger partial charge in [-0.05, 0) is 61.7 Å². The van der Waals surface area contributed by atoms with Gasteiger partial charge in [0.1, 0.15) is 6.61 Å². The molecule has 1 saturated heterocycles. The van der Waals surface area contributed by atoms with Crippen molar-refractivity contribution in [2.75, 3.05) is 20.2 Å². The molecule has 1 atom stereocenters. The molecule has 1 heterocycles. The van der Waals surface area contributed by atoms with Gasteiger partial charge < -0.3 is 14.6 Å². The highest BCUT2D eigenvalue weighted by Gasteiger charge is 2.30. The van der Waals surface area contributed by atoms with Crippen molar-refractivity contribution in [3.8, 4) is 11.5 Å². The highest BCUT2D eigenvalue weighted by molar-refractivity contribution is 5.70. The zero-order valence-electron chi connectivity index (χ0n) is 19.2. The average molecular weight is 446 g/mol. The van der Waals surface area contributed by atoms with Crippen LogP contribution in [0.1, 0.15) is 41.1 Å². The van der Waals surface area contributed by atoms with Gasteiger partial charge in [0.2, 0.25) is 0 Å². The van der Waals surface area contributed by atoms with Crippen LogP contribution in [-0.2, 0) is 11.4 Å². The van der Waals surface area contributed by atoms with E-state index in [0.717, 1.165) is 24.2 Å². The minimum atomic E-state index is -0.692. The van der Waals surface area contributed by atoms with Gasteiger partial charge in [0.05, 0.1) is 19.1 Å². The molecule has 3 aromatic rings. The fourth-order valence-corrected chi connectivity index (χ4v) is 4.48. The first kappa shape index (κ1) is 22.9. The minimum absolute atomic E-state index is 0.0254. The van der Waals surface area contributed by atoms with E-state index in [0.29, 0.717) is 30.9 Å². The summed E-state index contributed by atoms with van der Waals surface area (Å²) in [5.41, 5.74) is 4.61. The molecule has 0 aliphatic carbocycles. The Hall–Kier alpha value is -3.31. The number of nitrogens with zero attached hydrogens (tertiary/aromatic N) is 1. The first-order chi connectivity index (χ1) is 16.0. The molecule has 1 fully saturated rings. The molecule has 0 amide bonds. The third kappa shape index (κ3) is 5.55. The van der Waals surface area contributed by atoms with E-state index in [2.05, 4.69) is 42.2 Å². The van der Waals surface area contributed by atoms with E-state index >= 15 is 0 Å². The summed E-state index contributed by atoms with van der Waals surface area (Å²) in [6, 6.07) is 24.8. The minimum Gasteiger partial charge on any atom is -0.493 e. The van der Waals surface area contributed by atoms with Crippen LogP contribution < -0.4 is 9.47 Å². The van der Waals surface area contributed by atoms with Crippen molar-refractivity contribution in [1.29, 1.82) is 0 Å². The maximum Gasteiger partial charge on any atom is 0.306 e. The quantitative estimate of drug-likeness (QED) is 0.498. The van der Waals surface area contributed by atoms with Crippen LogP contribution in [0.15, 0.2) is 72.8 Å². The zero-order chi connectivity index (χ0) is 23.2. The van der Waals surface area contributed by atoms with Crippen molar-refractivity contribution in [1.82, 2.24) is 4.90 Å². The molecule has 5 heteroatoms. The molecule has 0 saturated carbocycles. The van der Waals surface area contributed by atoms with Crippen molar-refractivity contribution >= 4 is 5.97 Å². The zero-order valence-corrected chi connectivity index (χ0v) is 19.2. The van der Waals surface area contributed by atoms with Crippen LogP contribution in [0.25, 0.3) is 0 Å². The van der Waals surface area contributed by atoms with Crippen LogP contribution >= 0.6 is 0 Å². The number of piperidine rings is 1. The van der Waals surface area contributed by atoms with Crippen molar-refractivity contribution in [3.63, 3.8) is 0 Å². The highest BCUT2D eigenvalue weighted by Crippen LogP contribution is 2.37. The summed E-state index contributed by atoms with van der Waals surface area (Å²) in [6.07, 6.45) is 1.32. The number of aliphatic carboxylic acids is 1. The van der Waals surface area contributed by atoms with Gasteiger partial charge in [-0.1, -0.05) is 66.2 Å². The van der Waals surface area contributed by atoms with E-state index in [-0.39, 0.29) is 12.0 Å². The number of carboxylic acids is 1. The highest BCUT2D eigenvalue weighted by atomic mass is 16.5. The van der Waals surface area contributed by atoms with Crippen molar-refractivity contribution < 1.29 is 19.4 Å². The molecule has 0 radical (unpaired) electrons. The molecular formula is C28H31NO4. The number of likely N-dealkylation sites (tertiary alicyclic amines) is 1. The molecule has 1 N–H and O–H groups in total. The Morgan fingerprint density at radius 2 is 1.64 bits per heavy atom. The summed E-state index contributed by atoms with van der Waals surface area (Å²) in [5.74, 6) is 0.449. The van der Waals surface area contributed by atoms with Crippen molar-refractivity contribution in [2.45, 2.75) is 32.4 Å². The Kier molecular flexibility index (Phi) is 7.30. The maximum absolute atomic E-state index is 11.4. The number of ether oxygens (including phenoxy) is 2. The SMILES string of the molecule is COc1cc(C(c2ccc(C)cc2)N2CCC(C(=O)O)CC2)ccc1OCc1ccccc1. The van der Waals surface area contributed by atoms with E-state index in [9.17, 15) is 9.90 Å². The largest absolute Gasteiger partial charge is 0.493 e. The van der Waals surface area contributed by atoms with Gasteiger partial charge in [-0.2, -0.15) is 0 Å². The lowest BCUT2D eigenvalue weighted by molar-refractivity contribution is -0.143. The van der Waals surface area contributed by atoms with Crippen LogP contribution in [0.2, 0.25) is 0 Å². The number of carboxylic acid groups (broad SMARTS) is 1. The van der Waals surface area contributed by atoms with Gasteiger partial charge in [0.25, 0.3) is 0 Å². The molecule has 0 spiro atoms. The normalized spacial score (nSPS) is 15.7. The molecule has 0 bridgehead atoms. The van der Waals surface area contributed by atoms with Gasteiger partial charge in [-0.3, -0.25) is 9.69 Å². The average Bonchev–Trinajstić information content (AvgIpc) is 2.85. The lowest BCUT2D eigenvalue weighted by atomic mass is 9.91.